The minimum absolute atomic E-state index is 0.506. The molecule has 3 N–H and O–H groups in total. The van der Waals surface area contributed by atoms with Crippen molar-refractivity contribution >= 4 is 17.3 Å². The van der Waals surface area contributed by atoms with Gasteiger partial charge in [-0.05, 0) is 29.3 Å². The van der Waals surface area contributed by atoms with E-state index in [2.05, 4.69) is 32.5 Å². The van der Waals surface area contributed by atoms with Gasteiger partial charge in [0.2, 0.25) is 0 Å². The molecule has 0 bridgehead atoms. The van der Waals surface area contributed by atoms with E-state index >= 15 is 0 Å². The zero-order valence-electron chi connectivity index (χ0n) is 11.9. The highest BCUT2D eigenvalue weighted by Gasteiger charge is 2.29. The molecule has 0 spiro atoms. The highest BCUT2D eigenvalue weighted by Crippen LogP contribution is 2.19. The number of hydrogen-bond donors (Lipinski definition) is 3. The minimum Gasteiger partial charge on any atom is -0.388 e. The van der Waals surface area contributed by atoms with Crippen LogP contribution in [0.3, 0.4) is 0 Å². The summed E-state index contributed by atoms with van der Waals surface area (Å²) in [7, 11) is 0. The molecule has 0 unspecified atom stereocenters. The smallest absolute Gasteiger partial charge is 0.191 e. The van der Waals surface area contributed by atoms with Gasteiger partial charge in [-0.25, -0.2) is 4.99 Å². The van der Waals surface area contributed by atoms with Crippen molar-refractivity contribution < 1.29 is 9.84 Å². The van der Waals surface area contributed by atoms with Crippen LogP contribution >= 0.6 is 11.3 Å². The summed E-state index contributed by atoms with van der Waals surface area (Å²) in [5, 5.41) is 21.0. The lowest BCUT2D eigenvalue weighted by Crippen LogP contribution is -2.49. The van der Waals surface area contributed by atoms with Gasteiger partial charge >= 0.3 is 0 Å². The molecule has 0 aliphatic carbocycles. The number of rotatable bonds is 5. The van der Waals surface area contributed by atoms with E-state index in [1.165, 1.54) is 5.56 Å². The summed E-state index contributed by atoms with van der Waals surface area (Å²) < 4.78 is 5.28. The first kappa shape index (κ1) is 15.3. The number of aliphatic imine (C=N–C) groups is 1. The Labute approximate surface area is 124 Å². The second kappa shape index (κ2) is 7.61. The summed E-state index contributed by atoms with van der Waals surface area (Å²) in [6, 6.07) is 2.07. The second-order valence-electron chi connectivity index (χ2n) is 5.02. The van der Waals surface area contributed by atoms with Crippen molar-refractivity contribution in [2.24, 2.45) is 4.99 Å². The lowest BCUT2D eigenvalue weighted by Gasteiger charge is -2.32. The van der Waals surface area contributed by atoms with Gasteiger partial charge in [0.1, 0.15) is 0 Å². The highest BCUT2D eigenvalue weighted by molar-refractivity contribution is 7.07. The van der Waals surface area contributed by atoms with E-state index in [4.69, 9.17) is 4.74 Å². The molecule has 0 saturated carbocycles. The van der Waals surface area contributed by atoms with E-state index in [0.29, 0.717) is 39.1 Å². The van der Waals surface area contributed by atoms with E-state index in [9.17, 15) is 5.11 Å². The van der Waals surface area contributed by atoms with Crippen LogP contribution in [0.5, 0.6) is 0 Å². The fourth-order valence-corrected chi connectivity index (χ4v) is 2.73. The van der Waals surface area contributed by atoms with Gasteiger partial charge < -0.3 is 20.5 Å². The van der Waals surface area contributed by atoms with Crippen LogP contribution in [0.25, 0.3) is 0 Å². The highest BCUT2D eigenvalue weighted by atomic mass is 32.1. The van der Waals surface area contributed by atoms with Gasteiger partial charge in [0.15, 0.2) is 5.96 Å². The van der Waals surface area contributed by atoms with Crippen LogP contribution in [0.2, 0.25) is 0 Å². The molecule has 1 aromatic rings. The predicted octanol–water partition coefficient (Wildman–Crippen LogP) is 1.34. The Kier molecular flexibility index (Phi) is 5.82. The zero-order chi connectivity index (χ0) is 14.3. The van der Waals surface area contributed by atoms with Crippen molar-refractivity contribution in [1.82, 2.24) is 10.6 Å². The van der Waals surface area contributed by atoms with E-state index in [1.807, 2.05) is 6.92 Å². The first-order valence-electron chi connectivity index (χ1n) is 7.05. The molecule has 1 saturated heterocycles. The van der Waals surface area contributed by atoms with Crippen molar-refractivity contribution in [3.8, 4) is 0 Å². The number of thiophene rings is 1. The Balaban J connectivity index is 1.86. The monoisotopic (exact) mass is 297 g/mol. The Morgan fingerprint density at radius 3 is 2.90 bits per heavy atom. The molecule has 5 nitrogen and oxygen atoms in total. The average Bonchev–Trinajstić information content (AvgIpc) is 2.96. The maximum absolute atomic E-state index is 10.4. The lowest BCUT2D eigenvalue weighted by molar-refractivity contribution is -0.0594. The third-order valence-electron chi connectivity index (χ3n) is 3.35. The Morgan fingerprint density at radius 1 is 1.45 bits per heavy atom. The Hall–Kier alpha value is -1.11. The molecule has 0 amide bonds. The number of nitrogens with zero attached hydrogens (tertiary/aromatic N) is 1. The normalized spacial score (nSPS) is 18.8. The van der Waals surface area contributed by atoms with Crippen molar-refractivity contribution in [3.05, 3.63) is 22.4 Å². The number of ether oxygens (including phenoxy) is 1. The van der Waals surface area contributed by atoms with Crippen LogP contribution in [-0.2, 0) is 11.3 Å². The van der Waals surface area contributed by atoms with Crippen molar-refractivity contribution in [2.75, 3.05) is 26.3 Å². The molecule has 6 heteroatoms. The largest absolute Gasteiger partial charge is 0.388 e. The molecule has 0 atom stereocenters. The maximum atomic E-state index is 10.4. The molecular formula is C14H23N3O2S. The van der Waals surface area contributed by atoms with Crippen molar-refractivity contribution in [2.45, 2.75) is 31.9 Å². The van der Waals surface area contributed by atoms with Crippen LogP contribution in [0.4, 0.5) is 0 Å². The number of guanidine groups is 1. The third kappa shape index (κ3) is 4.77. The first-order chi connectivity index (χ1) is 9.72. The molecule has 0 radical (unpaired) electrons. The maximum Gasteiger partial charge on any atom is 0.191 e. The first-order valence-corrected chi connectivity index (χ1v) is 7.99. The van der Waals surface area contributed by atoms with Gasteiger partial charge in [-0.2, -0.15) is 11.3 Å². The fraction of sp³-hybridized carbons (Fsp3) is 0.643. The van der Waals surface area contributed by atoms with Gasteiger partial charge in [-0.3, -0.25) is 0 Å². The second-order valence-corrected chi connectivity index (χ2v) is 5.80. The molecule has 112 valence electrons. The molecular weight excluding hydrogens is 274 g/mol. The number of hydrogen-bond acceptors (Lipinski definition) is 4. The molecule has 0 aromatic carbocycles. The molecule has 1 fully saturated rings. The Morgan fingerprint density at radius 2 is 2.25 bits per heavy atom. The van der Waals surface area contributed by atoms with Crippen LogP contribution in [0.1, 0.15) is 25.3 Å². The summed E-state index contributed by atoms with van der Waals surface area (Å²) in [6.45, 7) is 5.25. The SMILES string of the molecule is CCNC(=NCc1ccsc1)NCC1(O)CCOCC1. The summed E-state index contributed by atoms with van der Waals surface area (Å²) in [5.74, 6) is 0.749. The topological polar surface area (TPSA) is 65.9 Å². The number of nitrogens with one attached hydrogen (secondary N) is 2. The summed E-state index contributed by atoms with van der Waals surface area (Å²) in [5.41, 5.74) is 0.522. The summed E-state index contributed by atoms with van der Waals surface area (Å²) >= 11 is 1.68. The van der Waals surface area contributed by atoms with Crippen LogP contribution in [0.15, 0.2) is 21.8 Å². The Bertz CT molecular complexity index is 414. The summed E-state index contributed by atoms with van der Waals surface area (Å²) in [4.78, 5) is 4.53. The van der Waals surface area contributed by atoms with E-state index < -0.39 is 5.60 Å². The predicted molar refractivity (Wildman–Crippen MR) is 82.1 cm³/mol. The van der Waals surface area contributed by atoms with Gasteiger partial charge in [-0.15, -0.1) is 0 Å². The van der Waals surface area contributed by atoms with Crippen LogP contribution < -0.4 is 10.6 Å². The third-order valence-corrected chi connectivity index (χ3v) is 4.08. The van der Waals surface area contributed by atoms with Gasteiger partial charge in [-0.1, -0.05) is 0 Å². The molecule has 1 aliphatic rings. The van der Waals surface area contributed by atoms with Gasteiger partial charge in [0, 0.05) is 39.1 Å². The van der Waals surface area contributed by atoms with Crippen LogP contribution in [0, 0.1) is 0 Å². The number of aliphatic hydroxyl groups is 1. The molecule has 2 heterocycles. The molecule has 1 aliphatic heterocycles. The van der Waals surface area contributed by atoms with Crippen LogP contribution in [-0.4, -0.2) is 43.0 Å². The molecule has 20 heavy (non-hydrogen) atoms. The van der Waals surface area contributed by atoms with Crippen molar-refractivity contribution in [1.29, 1.82) is 0 Å². The lowest BCUT2D eigenvalue weighted by atomic mass is 9.94. The zero-order valence-corrected chi connectivity index (χ0v) is 12.7. The standard InChI is InChI=1S/C14H23N3O2S/c1-2-15-13(16-9-12-3-8-20-10-12)17-11-14(18)4-6-19-7-5-14/h3,8,10,18H,2,4-7,9,11H2,1H3,(H2,15,16,17). The molecule has 1 aromatic heterocycles. The summed E-state index contributed by atoms with van der Waals surface area (Å²) in [6.07, 6.45) is 1.34. The van der Waals surface area contributed by atoms with E-state index in [0.717, 1.165) is 12.5 Å². The quantitative estimate of drug-likeness (QED) is 0.567. The van der Waals surface area contributed by atoms with E-state index in [-0.39, 0.29) is 0 Å². The average molecular weight is 297 g/mol. The minimum atomic E-state index is -0.684. The fourth-order valence-electron chi connectivity index (χ4n) is 2.07. The van der Waals surface area contributed by atoms with E-state index in [1.54, 1.807) is 11.3 Å². The van der Waals surface area contributed by atoms with Gasteiger partial charge in [0.05, 0.1) is 12.1 Å². The van der Waals surface area contributed by atoms with Gasteiger partial charge in [0.25, 0.3) is 0 Å². The molecule has 2 rings (SSSR count). The van der Waals surface area contributed by atoms with Crippen molar-refractivity contribution in [3.63, 3.8) is 0 Å².